The van der Waals surface area contributed by atoms with Crippen LogP contribution in [0.5, 0.6) is 0 Å². The highest BCUT2D eigenvalue weighted by Gasteiger charge is 2.11. The van der Waals surface area contributed by atoms with Crippen LogP contribution in [0.25, 0.3) is 0 Å². The molecule has 0 saturated carbocycles. The zero-order valence-corrected chi connectivity index (χ0v) is 9.04. The summed E-state index contributed by atoms with van der Waals surface area (Å²) < 4.78 is 4.88. The average molecular weight is 198 g/mol. The quantitative estimate of drug-likeness (QED) is 0.735. The van der Waals surface area contributed by atoms with Gasteiger partial charge in [0.15, 0.2) is 0 Å². The van der Waals surface area contributed by atoms with E-state index in [1.165, 1.54) is 0 Å². The molecule has 1 unspecified atom stereocenters. The number of ether oxygens (including phenoxy) is 1. The van der Waals surface area contributed by atoms with Crippen LogP contribution in [0.2, 0.25) is 0 Å². The second-order valence-corrected chi connectivity index (χ2v) is 3.61. The predicted octanol–water partition coefficient (Wildman–Crippen LogP) is 2.06. The van der Waals surface area contributed by atoms with Gasteiger partial charge >= 0.3 is 6.09 Å². The number of alkyl carbamates (subject to hydrolysis) is 1. The number of nitrogens with one attached hydrogen (secondary N) is 1. The van der Waals surface area contributed by atoms with E-state index in [-0.39, 0.29) is 0 Å². The maximum absolute atomic E-state index is 11.1. The summed E-state index contributed by atoms with van der Waals surface area (Å²) >= 11 is 0. The molecule has 0 heterocycles. The maximum atomic E-state index is 11.1. The zero-order valence-electron chi connectivity index (χ0n) is 9.04. The van der Waals surface area contributed by atoms with Gasteiger partial charge in [-0.1, -0.05) is 27.2 Å². The van der Waals surface area contributed by atoms with E-state index in [1.54, 1.807) is 0 Å². The van der Waals surface area contributed by atoms with Gasteiger partial charge in [-0.25, -0.2) is 4.79 Å². The van der Waals surface area contributed by atoms with E-state index in [0.717, 1.165) is 6.42 Å². The molecule has 1 atom stereocenters. The lowest BCUT2D eigenvalue weighted by Crippen LogP contribution is -2.34. The van der Waals surface area contributed by atoms with Crippen molar-refractivity contribution in [3.8, 4) is 6.07 Å². The number of carbonyl (C=O) groups is 1. The second kappa shape index (κ2) is 7.19. The Morgan fingerprint density at radius 3 is 2.64 bits per heavy atom. The molecule has 0 aromatic heterocycles. The fourth-order valence-corrected chi connectivity index (χ4v) is 0.884. The SMILES string of the molecule is CCCC(C#N)NC(=O)OCC(C)C. The normalized spacial score (nSPS) is 11.9. The standard InChI is InChI=1S/C10H18N2O2/c1-4-5-9(6-11)12-10(13)14-7-8(2)3/h8-9H,4-5,7H2,1-3H3,(H,12,13). The van der Waals surface area contributed by atoms with Crippen molar-refractivity contribution in [3.63, 3.8) is 0 Å². The van der Waals surface area contributed by atoms with Crippen LogP contribution in [-0.4, -0.2) is 18.7 Å². The first kappa shape index (κ1) is 12.8. The van der Waals surface area contributed by atoms with Gasteiger partial charge in [-0.3, -0.25) is 0 Å². The first-order valence-corrected chi connectivity index (χ1v) is 4.93. The Balaban J connectivity index is 3.75. The lowest BCUT2D eigenvalue weighted by atomic mass is 10.2. The molecule has 80 valence electrons. The summed E-state index contributed by atoms with van der Waals surface area (Å²) in [5, 5.41) is 11.2. The molecule has 0 rings (SSSR count). The minimum Gasteiger partial charge on any atom is -0.449 e. The van der Waals surface area contributed by atoms with Gasteiger partial charge in [0.1, 0.15) is 6.04 Å². The largest absolute Gasteiger partial charge is 0.449 e. The molecular weight excluding hydrogens is 180 g/mol. The lowest BCUT2D eigenvalue weighted by molar-refractivity contribution is 0.131. The monoisotopic (exact) mass is 198 g/mol. The van der Waals surface area contributed by atoms with Gasteiger partial charge in [-0.2, -0.15) is 5.26 Å². The summed E-state index contributed by atoms with van der Waals surface area (Å²) in [6.07, 6.45) is 1.02. The molecule has 0 spiro atoms. The Morgan fingerprint density at radius 1 is 1.57 bits per heavy atom. The van der Waals surface area contributed by atoms with Crippen molar-refractivity contribution in [2.45, 2.75) is 39.7 Å². The van der Waals surface area contributed by atoms with Gasteiger partial charge in [-0.05, 0) is 12.3 Å². The van der Waals surface area contributed by atoms with E-state index in [9.17, 15) is 4.79 Å². The van der Waals surface area contributed by atoms with Crippen molar-refractivity contribution in [3.05, 3.63) is 0 Å². The van der Waals surface area contributed by atoms with Crippen molar-refractivity contribution < 1.29 is 9.53 Å². The third-order valence-electron chi connectivity index (χ3n) is 1.57. The minimum absolute atomic E-state index is 0.312. The number of carbonyl (C=O) groups excluding carboxylic acids is 1. The molecule has 4 nitrogen and oxygen atoms in total. The maximum Gasteiger partial charge on any atom is 0.408 e. The molecule has 14 heavy (non-hydrogen) atoms. The number of hydrogen-bond donors (Lipinski definition) is 1. The Kier molecular flexibility index (Phi) is 6.55. The van der Waals surface area contributed by atoms with Crippen LogP contribution in [0.3, 0.4) is 0 Å². The molecule has 0 aliphatic carbocycles. The van der Waals surface area contributed by atoms with E-state index in [0.29, 0.717) is 18.9 Å². The van der Waals surface area contributed by atoms with Crippen molar-refractivity contribution in [1.29, 1.82) is 5.26 Å². The van der Waals surface area contributed by atoms with Gasteiger partial charge in [-0.15, -0.1) is 0 Å². The van der Waals surface area contributed by atoms with E-state index < -0.39 is 12.1 Å². The van der Waals surface area contributed by atoms with E-state index >= 15 is 0 Å². The Morgan fingerprint density at radius 2 is 2.21 bits per heavy atom. The number of rotatable bonds is 5. The predicted molar refractivity (Wildman–Crippen MR) is 53.6 cm³/mol. The van der Waals surface area contributed by atoms with Crippen LogP contribution >= 0.6 is 0 Å². The van der Waals surface area contributed by atoms with Gasteiger partial charge in [0, 0.05) is 0 Å². The van der Waals surface area contributed by atoms with E-state index in [1.807, 2.05) is 26.8 Å². The summed E-state index contributed by atoms with van der Waals surface area (Å²) in [6.45, 7) is 6.27. The zero-order chi connectivity index (χ0) is 11.0. The fraction of sp³-hybridized carbons (Fsp3) is 0.800. The average Bonchev–Trinajstić information content (AvgIpc) is 2.14. The fourth-order valence-electron chi connectivity index (χ4n) is 0.884. The van der Waals surface area contributed by atoms with Crippen molar-refractivity contribution >= 4 is 6.09 Å². The van der Waals surface area contributed by atoms with Gasteiger partial charge < -0.3 is 10.1 Å². The molecule has 0 fully saturated rings. The molecule has 4 heteroatoms. The number of amides is 1. The number of nitriles is 1. The lowest BCUT2D eigenvalue weighted by Gasteiger charge is -2.11. The Bertz CT molecular complexity index is 209. The summed E-state index contributed by atoms with van der Waals surface area (Å²) in [5.74, 6) is 0.312. The molecule has 1 N–H and O–H groups in total. The molecule has 0 radical (unpaired) electrons. The highest BCUT2D eigenvalue weighted by Crippen LogP contribution is 1.97. The molecule has 0 aliphatic rings. The molecule has 0 saturated heterocycles. The molecule has 0 aromatic rings. The first-order chi connectivity index (χ1) is 6.60. The van der Waals surface area contributed by atoms with Crippen molar-refractivity contribution in [2.75, 3.05) is 6.61 Å². The van der Waals surface area contributed by atoms with Crippen molar-refractivity contribution in [2.24, 2.45) is 5.92 Å². The Hall–Kier alpha value is -1.24. The van der Waals surface area contributed by atoms with Gasteiger partial charge in [0.2, 0.25) is 0 Å². The third kappa shape index (κ3) is 6.30. The van der Waals surface area contributed by atoms with Crippen LogP contribution in [0, 0.1) is 17.2 Å². The second-order valence-electron chi connectivity index (χ2n) is 3.61. The summed E-state index contributed by atoms with van der Waals surface area (Å²) in [5.41, 5.74) is 0. The molecule has 0 bridgehead atoms. The topological polar surface area (TPSA) is 62.1 Å². The van der Waals surface area contributed by atoms with Crippen LogP contribution in [0.1, 0.15) is 33.6 Å². The summed E-state index contributed by atoms with van der Waals surface area (Å²) in [4.78, 5) is 11.1. The van der Waals surface area contributed by atoms with E-state index in [2.05, 4.69) is 5.32 Å². The molecule has 1 amide bonds. The van der Waals surface area contributed by atoms with Gasteiger partial charge in [0.25, 0.3) is 0 Å². The third-order valence-corrected chi connectivity index (χ3v) is 1.57. The Labute approximate surface area is 85.2 Å². The summed E-state index contributed by atoms with van der Waals surface area (Å²) in [7, 11) is 0. The van der Waals surface area contributed by atoms with Crippen LogP contribution in [0.4, 0.5) is 4.79 Å². The van der Waals surface area contributed by atoms with Crippen LogP contribution in [-0.2, 0) is 4.74 Å². The highest BCUT2D eigenvalue weighted by molar-refractivity contribution is 5.68. The minimum atomic E-state index is -0.501. The summed E-state index contributed by atoms with van der Waals surface area (Å²) in [6, 6.07) is 1.58. The van der Waals surface area contributed by atoms with Crippen LogP contribution < -0.4 is 5.32 Å². The van der Waals surface area contributed by atoms with Crippen LogP contribution in [0.15, 0.2) is 0 Å². The smallest absolute Gasteiger partial charge is 0.408 e. The molecule has 0 aliphatic heterocycles. The first-order valence-electron chi connectivity index (χ1n) is 4.93. The van der Waals surface area contributed by atoms with Crippen molar-refractivity contribution in [1.82, 2.24) is 5.32 Å². The molecular formula is C10H18N2O2. The number of hydrogen-bond acceptors (Lipinski definition) is 3. The van der Waals surface area contributed by atoms with Gasteiger partial charge in [0.05, 0.1) is 12.7 Å². The number of nitrogens with zero attached hydrogens (tertiary/aromatic N) is 1. The van der Waals surface area contributed by atoms with E-state index in [4.69, 9.17) is 10.00 Å². The highest BCUT2D eigenvalue weighted by atomic mass is 16.5. The molecule has 0 aromatic carbocycles.